The Morgan fingerprint density at radius 3 is 2.42 bits per heavy atom. The summed E-state index contributed by atoms with van der Waals surface area (Å²) >= 11 is 0. The summed E-state index contributed by atoms with van der Waals surface area (Å²) in [5, 5.41) is 14.8. The molecule has 5 nitrogen and oxygen atoms in total. The van der Waals surface area contributed by atoms with Crippen molar-refractivity contribution in [3.05, 3.63) is 6.20 Å². The molecule has 0 atom stereocenters. The maximum Gasteiger partial charge on any atom is 0.244 e. The fourth-order valence-corrected chi connectivity index (χ4v) is 2.42. The van der Waals surface area contributed by atoms with Crippen molar-refractivity contribution in [3.8, 4) is 0 Å². The van der Waals surface area contributed by atoms with Crippen LogP contribution in [0.3, 0.4) is 0 Å². The van der Waals surface area contributed by atoms with E-state index in [2.05, 4.69) is 46.6 Å². The first-order valence-corrected chi connectivity index (χ1v) is 7.27. The van der Waals surface area contributed by atoms with Gasteiger partial charge in [-0.3, -0.25) is 0 Å². The number of nitrogens with one attached hydrogen (secondary N) is 2. The van der Waals surface area contributed by atoms with E-state index in [0.29, 0.717) is 12.0 Å². The highest BCUT2D eigenvalue weighted by molar-refractivity contribution is 5.39. The first kappa shape index (κ1) is 14.0. The Labute approximate surface area is 115 Å². The van der Waals surface area contributed by atoms with Crippen LogP contribution in [0.2, 0.25) is 0 Å². The fraction of sp³-hybridized carbons (Fsp3) is 0.786. The van der Waals surface area contributed by atoms with Crippen molar-refractivity contribution in [1.29, 1.82) is 0 Å². The van der Waals surface area contributed by atoms with Crippen LogP contribution in [0.5, 0.6) is 0 Å². The van der Waals surface area contributed by atoms with Gasteiger partial charge in [0.05, 0.1) is 6.20 Å². The van der Waals surface area contributed by atoms with Gasteiger partial charge in [0.25, 0.3) is 0 Å². The minimum Gasteiger partial charge on any atom is -0.364 e. The molecule has 0 saturated heterocycles. The van der Waals surface area contributed by atoms with Crippen molar-refractivity contribution in [2.45, 2.75) is 70.9 Å². The number of hydrogen-bond donors (Lipinski definition) is 2. The van der Waals surface area contributed by atoms with Gasteiger partial charge in [-0.15, -0.1) is 5.10 Å². The molecular formula is C14H25N5. The lowest BCUT2D eigenvalue weighted by Gasteiger charge is -2.21. The average Bonchev–Trinajstić information content (AvgIpc) is 2.56. The van der Waals surface area contributed by atoms with E-state index in [0.717, 1.165) is 5.82 Å². The lowest BCUT2D eigenvalue weighted by atomic mass is 10.1. The first-order valence-electron chi connectivity index (χ1n) is 7.27. The Hall–Kier alpha value is -1.39. The summed E-state index contributed by atoms with van der Waals surface area (Å²) in [6, 6.07) is 0.495. The SMILES string of the molecule is CC(C)(C)Nc1cnnc(NC2CCCCCC2)n1. The van der Waals surface area contributed by atoms with Crippen LogP contribution in [-0.4, -0.2) is 26.8 Å². The highest BCUT2D eigenvalue weighted by Gasteiger charge is 2.15. The summed E-state index contributed by atoms with van der Waals surface area (Å²) in [7, 11) is 0. The Morgan fingerprint density at radius 1 is 1.11 bits per heavy atom. The standard InChI is InChI=1S/C14H25N5/c1-14(2,3)18-12-10-15-19-13(17-12)16-11-8-6-4-5-7-9-11/h10-11H,4-9H2,1-3H3,(H2,16,17,18,19). The first-order chi connectivity index (χ1) is 9.03. The second-order valence-corrected chi connectivity index (χ2v) is 6.37. The van der Waals surface area contributed by atoms with Gasteiger partial charge in [0.15, 0.2) is 5.82 Å². The highest BCUT2D eigenvalue weighted by atomic mass is 15.3. The van der Waals surface area contributed by atoms with Crippen molar-refractivity contribution in [2.75, 3.05) is 10.6 Å². The zero-order valence-corrected chi connectivity index (χ0v) is 12.2. The van der Waals surface area contributed by atoms with Crippen molar-refractivity contribution in [1.82, 2.24) is 15.2 Å². The van der Waals surface area contributed by atoms with Gasteiger partial charge in [-0.05, 0) is 33.6 Å². The topological polar surface area (TPSA) is 62.7 Å². The molecule has 1 aliphatic carbocycles. The Balaban J connectivity index is 1.98. The summed E-state index contributed by atoms with van der Waals surface area (Å²) in [5.74, 6) is 1.42. The van der Waals surface area contributed by atoms with E-state index in [1.165, 1.54) is 38.5 Å². The molecule has 0 aliphatic heterocycles. The smallest absolute Gasteiger partial charge is 0.244 e. The number of rotatable bonds is 3. The third kappa shape index (κ3) is 5.01. The molecule has 1 fully saturated rings. The molecule has 1 aliphatic rings. The van der Waals surface area contributed by atoms with Gasteiger partial charge >= 0.3 is 0 Å². The molecule has 0 aromatic carbocycles. The molecule has 0 radical (unpaired) electrons. The minimum absolute atomic E-state index is 0.0182. The van der Waals surface area contributed by atoms with Crippen molar-refractivity contribution in [2.24, 2.45) is 0 Å². The summed E-state index contributed by atoms with van der Waals surface area (Å²) in [6.07, 6.45) is 9.38. The molecule has 0 spiro atoms. The van der Waals surface area contributed by atoms with Crippen molar-refractivity contribution in [3.63, 3.8) is 0 Å². The molecule has 1 saturated carbocycles. The molecular weight excluding hydrogens is 238 g/mol. The summed E-state index contributed by atoms with van der Waals surface area (Å²) in [5.41, 5.74) is -0.0182. The molecule has 2 rings (SSSR count). The molecule has 0 bridgehead atoms. The largest absolute Gasteiger partial charge is 0.364 e. The maximum atomic E-state index is 4.49. The molecule has 0 unspecified atom stereocenters. The second-order valence-electron chi connectivity index (χ2n) is 6.37. The van der Waals surface area contributed by atoms with E-state index in [9.17, 15) is 0 Å². The van der Waals surface area contributed by atoms with Gasteiger partial charge in [0.2, 0.25) is 5.95 Å². The zero-order valence-electron chi connectivity index (χ0n) is 12.2. The number of nitrogens with zero attached hydrogens (tertiary/aromatic N) is 3. The van der Waals surface area contributed by atoms with Crippen LogP contribution in [0, 0.1) is 0 Å². The van der Waals surface area contributed by atoms with Crippen LogP contribution in [-0.2, 0) is 0 Å². The van der Waals surface area contributed by atoms with Crippen molar-refractivity contribution >= 4 is 11.8 Å². The molecule has 5 heteroatoms. The number of hydrogen-bond acceptors (Lipinski definition) is 5. The second kappa shape index (κ2) is 6.17. The maximum absolute atomic E-state index is 4.49. The van der Waals surface area contributed by atoms with Gasteiger partial charge in [-0.2, -0.15) is 10.1 Å². The van der Waals surface area contributed by atoms with E-state index in [-0.39, 0.29) is 5.54 Å². The highest BCUT2D eigenvalue weighted by Crippen LogP contribution is 2.20. The molecule has 1 aromatic rings. The summed E-state index contributed by atoms with van der Waals surface area (Å²) in [4.78, 5) is 4.49. The monoisotopic (exact) mass is 263 g/mol. The summed E-state index contributed by atoms with van der Waals surface area (Å²) < 4.78 is 0. The molecule has 106 valence electrons. The predicted molar refractivity (Wildman–Crippen MR) is 78.3 cm³/mol. The fourth-order valence-electron chi connectivity index (χ4n) is 2.42. The lowest BCUT2D eigenvalue weighted by molar-refractivity contribution is 0.610. The van der Waals surface area contributed by atoms with Gasteiger partial charge in [-0.25, -0.2) is 0 Å². The van der Waals surface area contributed by atoms with Crippen LogP contribution < -0.4 is 10.6 Å². The van der Waals surface area contributed by atoms with Crippen LogP contribution in [0.4, 0.5) is 11.8 Å². The van der Waals surface area contributed by atoms with Gasteiger partial charge in [0, 0.05) is 11.6 Å². The number of anilines is 2. The van der Waals surface area contributed by atoms with Crippen LogP contribution >= 0.6 is 0 Å². The molecule has 2 N–H and O–H groups in total. The van der Waals surface area contributed by atoms with Crippen LogP contribution in [0.15, 0.2) is 6.20 Å². The van der Waals surface area contributed by atoms with E-state index >= 15 is 0 Å². The lowest BCUT2D eigenvalue weighted by Crippen LogP contribution is -2.27. The normalized spacial score (nSPS) is 17.8. The Morgan fingerprint density at radius 2 is 1.79 bits per heavy atom. The molecule has 19 heavy (non-hydrogen) atoms. The summed E-state index contributed by atoms with van der Waals surface area (Å²) in [6.45, 7) is 6.31. The van der Waals surface area contributed by atoms with E-state index < -0.39 is 0 Å². The van der Waals surface area contributed by atoms with E-state index in [4.69, 9.17) is 0 Å². The molecule has 1 heterocycles. The quantitative estimate of drug-likeness (QED) is 0.820. The average molecular weight is 263 g/mol. The van der Waals surface area contributed by atoms with Gasteiger partial charge < -0.3 is 10.6 Å². The zero-order chi connectivity index (χ0) is 13.7. The van der Waals surface area contributed by atoms with Gasteiger partial charge in [-0.1, -0.05) is 25.7 Å². The van der Waals surface area contributed by atoms with E-state index in [1.54, 1.807) is 6.20 Å². The Kier molecular flexibility index (Phi) is 4.56. The minimum atomic E-state index is -0.0182. The van der Waals surface area contributed by atoms with E-state index in [1.807, 2.05) is 0 Å². The van der Waals surface area contributed by atoms with Crippen molar-refractivity contribution < 1.29 is 0 Å². The molecule has 1 aromatic heterocycles. The Bertz CT molecular complexity index is 391. The predicted octanol–water partition coefficient (Wildman–Crippen LogP) is 3.22. The van der Waals surface area contributed by atoms with Crippen LogP contribution in [0.25, 0.3) is 0 Å². The number of aromatic nitrogens is 3. The van der Waals surface area contributed by atoms with Crippen LogP contribution in [0.1, 0.15) is 59.3 Å². The van der Waals surface area contributed by atoms with Gasteiger partial charge in [0.1, 0.15) is 0 Å². The molecule has 0 amide bonds. The third-order valence-electron chi connectivity index (χ3n) is 3.25. The third-order valence-corrected chi connectivity index (χ3v) is 3.25.